The number of nitrogens with two attached hydrogens (primary N) is 1. The Labute approximate surface area is 112 Å². The second-order valence-corrected chi connectivity index (χ2v) is 5.35. The van der Waals surface area contributed by atoms with Crippen LogP contribution in [0.4, 0.5) is 5.69 Å². The van der Waals surface area contributed by atoms with Crippen LogP contribution in [0.5, 0.6) is 5.75 Å². The molecule has 0 saturated heterocycles. The van der Waals surface area contributed by atoms with Crippen molar-refractivity contribution in [3.8, 4) is 5.75 Å². The van der Waals surface area contributed by atoms with Crippen molar-refractivity contribution in [2.45, 2.75) is 45.1 Å². The van der Waals surface area contributed by atoms with Crippen molar-refractivity contribution in [1.29, 1.82) is 0 Å². The molecular weight excluding hydrogens is 244 g/mol. The minimum Gasteiger partial charge on any atom is -0.502 e. The van der Waals surface area contributed by atoms with Crippen LogP contribution in [-0.4, -0.2) is 10.0 Å². The van der Waals surface area contributed by atoms with Crippen molar-refractivity contribution in [1.82, 2.24) is 0 Å². The molecule has 0 bridgehead atoms. The topological polar surface area (TPSA) is 89.4 Å². The molecular formula is C14H20N2O3. The van der Waals surface area contributed by atoms with Crippen LogP contribution in [0.2, 0.25) is 0 Å². The molecule has 0 aliphatic heterocycles. The Bertz CT molecular complexity index is 482. The highest BCUT2D eigenvalue weighted by molar-refractivity contribution is 5.56. The van der Waals surface area contributed by atoms with Crippen LogP contribution >= 0.6 is 0 Å². The van der Waals surface area contributed by atoms with Crippen molar-refractivity contribution in [3.05, 3.63) is 33.4 Å². The monoisotopic (exact) mass is 264 g/mol. The lowest BCUT2D eigenvalue weighted by atomic mass is 9.81. The van der Waals surface area contributed by atoms with Gasteiger partial charge in [-0.3, -0.25) is 10.1 Å². The van der Waals surface area contributed by atoms with Gasteiger partial charge in [0.05, 0.1) is 4.92 Å². The minimum atomic E-state index is -0.540. The second kappa shape index (κ2) is 5.57. The van der Waals surface area contributed by atoms with Gasteiger partial charge in [0.25, 0.3) is 0 Å². The summed E-state index contributed by atoms with van der Waals surface area (Å²) in [5.74, 6) is 0.0463. The molecule has 0 heterocycles. The van der Waals surface area contributed by atoms with E-state index in [4.69, 9.17) is 5.73 Å². The van der Waals surface area contributed by atoms with Crippen molar-refractivity contribution in [2.24, 2.45) is 11.7 Å². The van der Waals surface area contributed by atoms with Gasteiger partial charge in [-0.15, -0.1) is 0 Å². The summed E-state index contributed by atoms with van der Waals surface area (Å²) in [6.07, 6.45) is 5.58. The summed E-state index contributed by atoms with van der Waals surface area (Å²) >= 11 is 0. The van der Waals surface area contributed by atoms with Gasteiger partial charge < -0.3 is 10.8 Å². The average Bonchev–Trinajstić information content (AvgIpc) is 2.39. The van der Waals surface area contributed by atoms with E-state index < -0.39 is 4.92 Å². The fraction of sp³-hybridized carbons (Fsp3) is 0.571. The van der Waals surface area contributed by atoms with Gasteiger partial charge in [0.1, 0.15) is 0 Å². The predicted molar refractivity (Wildman–Crippen MR) is 73.0 cm³/mol. The van der Waals surface area contributed by atoms with Gasteiger partial charge in [-0.2, -0.15) is 0 Å². The lowest BCUT2D eigenvalue weighted by Gasteiger charge is -2.28. The third-order valence-electron chi connectivity index (χ3n) is 4.08. The molecule has 104 valence electrons. The van der Waals surface area contributed by atoms with E-state index >= 15 is 0 Å². The summed E-state index contributed by atoms with van der Waals surface area (Å²) in [4.78, 5) is 10.5. The summed E-state index contributed by atoms with van der Waals surface area (Å²) in [5, 5.41) is 21.1. The summed E-state index contributed by atoms with van der Waals surface area (Å²) < 4.78 is 0. The molecule has 1 atom stereocenters. The molecule has 1 aromatic carbocycles. The second-order valence-electron chi connectivity index (χ2n) is 5.35. The maximum atomic E-state index is 11.0. The lowest BCUT2D eigenvalue weighted by molar-refractivity contribution is -0.386. The van der Waals surface area contributed by atoms with Crippen LogP contribution in [0.15, 0.2) is 12.1 Å². The van der Waals surface area contributed by atoms with Crippen molar-refractivity contribution in [2.75, 3.05) is 0 Å². The normalized spacial score (nSPS) is 18.2. The molecule has 0 amide bonds. The lowest BCUT2D eigenvalue weighted by Crippen LogP contribution is -2.23. The molecule has 5 heteroatoms. The third-order valence-corrected chi connectivity index (χ3v) is 4.08. The van der Waals surface area contributed by atoms with Gasteiger partial charge in [-0.05, 0) is 25.7 Å². The van der Waals surface area contributed by atoms with Gasteiger partial charge in [0.2, 0.25) is 0 Å². The van der Waals surface area contributed by atoms with Crippen LogP contribution in [0.25, 0.3) is 0 Å². The predicted octanol–water partition coefficient (Wildman–Crippen LogP) is 3.19. The highest BCUT2D eigenvalue weighted by Gasteiger charge is 2.28. The maximum Gasteiger partial charge on any atom is 0.313 e. The first-order chi connectivity index (χ1) is 9.02. The van der Waals surface area contributed by atoms with Crippen LogP contribution < -0.4 is 5.73 Å². The Morgan fingerprint density at radius 1 is 1.37 bits per heavy atom. The molecule has 1 fully saturated rings. The van der Waals surface area contributed by atoms with Gasteiger partial charge in [0, 0.05) is 17.2 Å². The van der Waals surface area contributed by atoms with E-state index in [1.807, 2.05) is 0 Å². The number of aromatic hydroxyl groups is 1. The number of hydrogen-bond donors (Lipinski definition) is 2. The fourth-order valence-electron chi connectivity index (χ4n) is 2.94. The maximum absolute atomic E-state index is 11.0. The molecule has 0 unspecified atom stereocenters. The number of nitrogens with zero attached hydrogens (tertiary/aromatic N) is 1. The third kappa shape index (κ3) is 2.71. The molecule has 0 spiro atoms. The fourth-order valence-corrected chi connectivity index (χ4v) is 2.94. The van der Waals surface area contributed by atoms with Gasteiger partial charge in [0.15, 0.2) is 5.75 Å². The number of nitro groups is 1. The van der Waals surface area contributed by atoms with Gasteiger partial charge in [-0.25, -0.2) is 0 Å². The molecule has 0 aromatic heterocycles. The molecule has 1 aromatic rings. The molecule has 2 rings (SSSR count). The molecule has 19 heavy (non-hydrogen) atoms. The number of rotatable bonds is 3. The Kier molecular flexibility index (Phi) is 4.04. The molecule has 3 N–H and O–H groups in total. The summed E-state index contributed by atoms with van der Waals surface area (Å²) in [6.45, 7) is 1.62. The number of phenols is 1. The Morgan fingerprint density at radius 2 is 2.00 bits per heavy atom. The first-order valence-electron chi connectivity index (χ1n) is 6.74. The Hall–Kier alpha value is -1.62. The van der Waals surface area contributed by atoms with Crippen molar-refractivity contribution >= 4 is 5.69 Å². The Morgan fingerprint density at radius 3 is 2.58 bits per heavy atom. The number of nitro benzene ring substituents is 1. The van der Waals surface area contributed by atoms with Crippen LogP contribution in [0.1, 0.15) is 49.3 Å². The quantitative estimate of drug-likeness (QED) is 0.648. The van der Waals surface area contributed by atoms with Crippen molar-refractivity contribution in [3.63, 3.8) is 0 Å². The minimum absolute atomic E-state index is 0.219. The first kappa shape index (κ1) is 13.8. The molecule has 1 aliphatic carbocycles. The zero-order chi connectivity index (χ0) is 14.0. The largest absolute Gasteiger partial charge is 0.502 e. The van der Waals surface area contributed by atoms with Gasteiger partial charge >= 0.3 is 5.69 Å². The van der Waals surface area contributed by atoms with E-state index in [-0.39, 0.29) is 17.5 Å². The summed E-state index contributed by atoms with van der Waals surface area (Å²) in [6, 6.07) is 3.06. The van der Waals surface area contributed by atoms with Crippen LogP contribution in [-0.2, 0) is 0 Å². The average molecular weight is 264 g/mol. The summed E-state index contributed by atoms with van der Waals surface area (Å²) in [7, 11) is 0. The zero-order valence-electron chi connectivity index (χ0n) is 11.1. The van der Waals surface area contributed by atoms with E-state index in [0.717, 1.165) is 25.7 Å². The van der Waals surface area contributed by atoms with E-state index in [2.05, 4.69) is 0 Å². The highest BCUT2D eigenvalue weighted by Crippen LogP contribution is 2.40. The van der Waals surface area contributed by atoms with Crippen LogP contribution in [0, 0.1) is 23.0 Å². The zero-order valence-corrected chi connectivity index (χ0v) is 11.1. The Balaban J connectivity index is 2.34. The smallest absolute Gasteiger partial charge is 0.313 e. The van der Waals surface area contributed by atoms with Crippen molar-refractivity contribution < 1.29 is 10.0 Å². The number of phenolic OH excluding ortho intramolecular Hbond substituents is 1. The highest BCUT2D eigenvalue weighted by atomic mass is 16.6. The SMILES string of the molecule is Cc1ccc([C@H](N)C2CCCCC2)c(O)c1[N+](=O)[O-]. The summed E-state index contributed by atoms with van der Waals surface area (Å²) in [5.41, 5.74) is 6.95. The number of benzene rings is 1. The standard InChI is InChI=1S/C14H20N2O3/c1-9-7-8-11(14(17)13(9)16(18)19)12(15)10-5-3-2-4-6-10/h7-8,10,12,17H,2-6,15H2,1H3/t12-/m1/s1. The van der Waals surface area contributed by atoms with Crippen LogP contribution in [0.3, 0.4) is 0 Å². The number of hydrogen-bond acceptors (Lipinski definition) is 4. The van der Waals surface area contributed by atoms with E-state index in [9.17, 15) is 15.2 Å². The number of aryl methyl sites for hydroxylation is 1. The molecule has 1 saturated carbocycles. The molecule has 0 radical (unpaired) electrons. The first-order valence-corrected chi connectivity index (χ1v) is 6.74. The van der Waals surface area contributed by atoms with E-state index in [0.29, 0.717) is 17.0 Å². The van der Waals surface area contributed by atoms with E-state index in [1.165, 1.54) is 6.42 Å². The van der Waals surface area contributed by atoms with E-state index in [1.54, 1.807) is 19.1 Å². The molecule has 5 nitrogen and oxygen atoms in total. The molecule has 1 aliphatic rings. The van der Waals surface area contributed by atoms with Gasteiger partial charge in [-0.1, -0.05) is 31.4 Å².